The number of nitrogens with zero attached hydrogens (tertiary/aromatic N) is 1. The quantitative estimate of drug-likeness (QED) is 0.837. The number of nitrogens with two attached hydrogens (primary N) is 1. The lowest BCUT2D eigenvalue weighted by molar-refractivity contribution is 0.828. The second-order valence-electron chi connectivity index (χ2n) is 4.55. The Morgan fingerprint density at radius 3 is 2.74 bits per heavy atom. The maximum atomic E-state index is 6.12. The van der Waals surface area contributed by atoms with Crippen molar-refractivity contribution in [3.8, 4) is 0 Å². The standard InChI is InChI=1S/C15H14ClN3/c16-11-6-7-14-12(8-11)13(9-18-15(17)19-14)10-4-2-1-3-5-10/h1-8,13H,9H2,(H3,17,18,19). The predicted octanol–water partition coefficient (Wildman–Crippen LogP) is 3.21. The third kappa shape index (κ3) is 2.42. The first-order valence-electron chi connectivity index (χ1n) is 6.15. The molecule has 4 heteroatoms. The fourth-order valence-corrected chi connectivity index (χ4v) is 2.55. The van der Waals surface area contributed by atoms with Crippen LogP contribution in [0.5, 0.6) is 0 Å². The fraction of sp³-hybridized carbons (Fsp3) is 0.133. The van der Waals surface area contributed by atoms with Crippen molar-refractivity contribution in [2.24, 2.45) is 10.7 Å². The van der Waals surface area contributed by atoms with Gasteiger partial charge in [0.1, 0.15) is 0 Å². The van der Waals surface area contributed by atoms with Crippen molar-refractivity contribution in [1.82, 2.24) is 0 Å². The van der Waals surface area contributed by atoms with Crippen LogP contribution in [0.3, 0.4) is 0 Å². The number of anilines is 1. The summed E-state index contributed by atoms with van der Waals surface area (Å²) in [6.07, 6.45) is 0. The number of nitrogens with one attached hydrogen (secondary N) is 1. The molecule has 0 saturated heterocycles. The summed E-state index contributed by atoms with van der Waals surface area (Å²) in [6, 6.07) is 16.1. The lowest BCUT2D eigenvalue weighted by Gasteiger charge is -2.17. The predicted molar refractivity (Wildman–Crippen MR) is 79.8 cm³/mol. The smallest absolute Gasteiger partial charge is 0.193 e. The van der Waals surface area contributed by atoms with E-state index in [0.717, 1.165) is 16.3 Å². The van der Waals surface area contributed by atoms with E-state index >= 15 is 0 Å². The largest absolute Gasteiger partial charge is 0.370 e. The van der Waals surface area contributed by atoms with E-state index in [2.05, 4.69) is 22.4 Å². The first-order valence-corrected chi connectivity index (χ1v) is 6.53. The molecule has 0 aliphatic carbocycles. The van der Waals surface area contributed by atoms with Crippen molar-refractivity contribution in [3.05, 3.63) is 64.7 Å². The molecule has 3 nitrogen and oxygen atoms in total. The molecule has 1 atom stereocenters. The maximum absolute atomic E-state index is 6.12. The normalized spacial score (nSPS) is 17.9. The van der Waals surface area contributed by atoms with Crippen LogP contribution < -0.4 is 11.1 Å². The van der Waals surface area contributed by atoms with E-state index in [1.165, 1.54) is 5.56 Å². The van der Waals surface area contributed by atoms with E-state index in [-0.39, 0.29) is 5.92 Å². The number of aliphatic imine (C=N–C) groups is 1. The van der Waals surface area contributed by atoms with Gasteiger partial charge in [0.05, 0.1) is 6.54 Å². The minimum absolute atomic E-state index is 0.170. The number of guanidine groups is 1. The minimum Gasteiger partial charge on any atom is -0.370 e. The molecule has 2 aromatic carbocycles. The number of hydrogen-bond acceptors (Lipinski definition) is 3. The van der Waals surface area contributed by atoms with Gasteiger partial charge in [0.25, 0.3) is 0 Å². The number of halogens is 1. The van der Waals surface area contributed by atoms with E-state index < -0.39 is 0 Å². The molecule has 0 fully saturated rings. The number of rotatable bonds is 1. The zero-order chi connectivity index (χ0) is 13.2. The summed E-state index contributed by atoms with van der Waals surface area (Å²) in [4.78, 5) is 4.37. The highest BCUT2D eigenvalue weighted by atomic mass is 35.5. The van der Waals surface area contributed by atoms with E-state index in [9.17, 15) is 0 Å². The second-order valence-corrected chi connectivity index (χ2v) is 4.98. The Morgan fingerprint density at radius 2 is 1.95 bits per heavy atom. The Morgan fingerprint density at radius 1 is 1.16 bits per heavy atom. The summed E-state index contributed by atoms with van der Waals surface area (Å²) in [5.74, 6) is 0.616. The first kappa shape index (κ1) is 12.1. The van der Waals surface area contributed by atoms with Gasteiger partial charge in [0, 0.05) is 16.6 Å². The van der Waals surface area contributed by atoms with E-state index in [1.54, 1.807) is 0 Å². The molecular formula is C15H14ClN3. The number of fused-ring (bicyclic) bond motifs is 1. The molecule has 1 aliphatic heterocycles. The summed E-state index contributed by atoms with van der Waals surface area (Å²) in [5.41, 5.74) is 9.15. The molecule has 3 N–H and O–H groups in total. The highest BCUT2D eigenvalue weighted by Gasteiger charge is 2.20. The van der Waals surface area contributed by atoms with Gasteiger partial charge in [0.2, 0.25) is 0 Å². The van der Waals surface area contributed by atoms with Crippen LogP contribution in [0, 0.1) is 0 Å². The third-order valence-electron chi connectivity index (χ3n) is 3.30. The monoisotopic (exact) mass is 271 g/mol. The fourth-order valence-electron chi connectivity index (χ4n) is 2.37. The SMILES string of the molecule is NC1=NCC(c2ccccc2)c2cc(Cl)ccc2N1. The molecule has 0 bridgehead atoms. The molecule has 1 heterocycles. The van der Waals surface area contributed by atoms with Crippen molar-refractivity contribution >= 4 is 23.2 Å². The molecule has 2 aromatic rings. The van der Waals surface area contributed by atoms with Crippen LogP contribution in [0.2, 0.25) is 5.02 Å². The van der Waals surface area contributed by atoms with Crippen molar-refractivity contribution in [2.45, 2.75) is 5.92 Å². The van der Waals surface area contributed by atoms with Crippen molar-refractivity contribution in [2.75, 3.05) is 11.9 Å². The van der Waals surface area contributed by atoms with Gasteiger partial charge in [-0.15, -0.1) is 0 Å². The average Bonchev–Trinajstić information content (AvgIpc) is 2.58. The lowest BCUT2D eigenvalue weighted by atomic mass is 9.90. The Labute approximate surface area is 117 Å². The van der Waals surface area contributed by atoms with E-state index in [0.29, 0.717) is 12.5 Å². The van der Waals surface area contributed by atoms with Crippen LogP contribution in [0.1, 0.15) is 17.0 Å². The molecule has 19 heavy (non-hydrogen) atoms. The number of hydrogen-bond donors (Lipinski definition) is 2. The van der Waals surface area contributed by atoms with Gasteiger partial charge in [-0.1, -0.05) is 41.9 Å². The highest BCUT2D eigenvalue weighted by molar-refractivity contribution is 6.30. The van der Waals surface area contributed by atoms with E-state index in [4.69, 9.17) is 17.3 Å². The van der Waals surface area contributed by atoms with Crippen molar-refractivity contribution in [1.29, 1.82) is 0 Å². The zero-order valence-corrected chi connectivity index (χ0v) is 11.1. The molecular weight excluding hydrogens is 258 g/mol. The van der Waals surface area contributed by atoms with Crippen molar-refractivity contribution < 1.29 is 0 Å². The molecule has 0 aromatic heterocycles. The minimum atomic E-state index is 0.170. The van der Waals surface area contributed by atoms with Gasteiger partial charge < -0.3 is 11.1 Å². The molecule has 1 unspecified atom stereocenters. The maximum Gasteiger partial charge on any atom is 0.193 e. The van der Waals surface area contributed by atoms with Crippen LogP contribution in [-0.4, -0.2) is 12.5 Å². The van der Waals surface area contributed by atoms with Gasteiger partial charge in [-0.05, 0) is 29.3 Å². The van der Waals surface area contributed by atoms with Crippen molar-refractivity contribution in [3.63, 3.8) is 0 Å². The topological polar surface area (TPSA) is 50.4 Å². The van der Waals surface area contributed by atoms with Gasteiger partial charge >= 0.3 is 0 Å². The second kappa shape index (κ2) is 4.94. The molecule has 96 valence electrons. The van der Waals surface area contributed by atoms with Crippen LogP contribution in [0.15, 0.2) is 53.5 Å². The van der Waals surface area contributed by atoms with Crippen LogP contribution in [-0.2, 0) is 0 Å². The van der Waals surface area contributed by atoms with Crippen LogP contribution in [0.25, 0.3) is 0 Å². The highest BCUT2D eigenvalue weighted by Crippen LogP contribution is 2.34. The van der Waals surface area contributed by atoms with Crippen LogP contribution >= 0.6 is 11.6 Å². The molecule has 0 radical (unpaired) electrons. The Kier molecular flexibility index (Phi) is 3.13. The summed E-state index contributed by atoms with van der Waals surface area (Å²) in [5, 5.41) is 3.84. The Bertz CT molecular complexity index is 623. The average molecular weight is 272 g/mol. The van der Waals surface area contributed by atoms with Crippen LogP contribution in [0.4, 0.5) is 5.69 Å². The molecule has 0 spiro atoms. The summed E-state index contributed by atoms with van der Waals surface area (Å²) < 4.78 is 0. The van der Waals surface area contributed by atoms with Gasteiger partial charge in [-0.25, -0.2) is 0 Å². The summed E-state index contributed by atoms with van der Waals surface area (Å²) in [6.45, 7) is 0.621. The summed E-state index contributed by atoms with van der Waals surface area (Å²) >= 11 is 6.12. The van der Waals surface area contributed by atoms with Gasteiger partial charge in [-0.3, -0.25) is 4.99 Å². The van der Waals surface area contributed by atoms with E-state index in [1.807, 2.05) is 36.4 Å². The lowest BCUT2D eigenvalue weighted by Crippen LogP contribution is -2.21. The van der Waals surface area contributed by atoms with Gasteiger partial charge in [-0.2, -0.15) is 0 Å². The summed E-state index contributed by atoms with van der Waals surface area (Å²) in [7, 11) is 0. The third-order valence-corrected chi connectivity index (χ3v) is 3.53. The number of benzene rings is 2. The molecule has 0 amide bonds. The zero-order valence-electron chi connectivity index (χ0n) is 10.3. The molecule has 3 rings (SSSR count). The molecule has 1 aliphatic rings. The Balaban J connectivity index is 2.13. The van der Waals surface area contributed by atoms with Gasteiger partial charge in [0.15, 0.2) is 5.96 Å². The Hall–Kier alpha value is -2.00. The first-order chi connectivity index (χ1) is 9.24. The molecule has 0 saturated carbocycles.